The molecule has 4 nitrogen and oxygen atoms in total. The van der Waals surface area contributed by atoms with Gasteiger partial charge in [-0.1, -0.05) is 19.1 Å². The Morgan fingerprint density at radius 1 is 1.29 bits per heavy atom. The maximum atomic E-state index is 12.3. The molecule has 1 atom stereocenters. The summed E-state index contributed by atoms with van der Waals surface area (Å²) in [7, 11) is 0. The second-order valence-corrected chi connectivity index (χ2v) is 5.61. The maximum absolute atomic E-state index is 12.3. The molecule has 24 heavy (non-hydrogen) atoms. The van der Waals surface area contributed by atoms with Crippen LogP contribution >= 0.6 is 0 Å². The first-order valence-electron chi connectivity index (χ1n) is 7.76. The van der Waals surface area contributed by atoms with E-state index in [0.29, 0.717) is 31.1 Å². The van der Waals surface area contributed by atoms with Crippen molar-refractivity contribution in [2.45, 2.75) is 38.4 Å². The second kappa shape index (κ2) is 7.51. The van der Waals surface area contributed by atoms with Crippen LogP contribution in [0.5, 0.6) is 0 Å². The van der Waals surface area contributed by atoms with E-state index >= 15 is 0 Å². The fourth-order valence-corrected chi connectivity index (χ4v) is 2.56. The minimum atomic E-state index is -4.89. The number of nitrogens with zero attached hydrogens (tertiary/aromatic N) is 1. The predicted molar refractivity (Wildman–Crippen MR) is 84.4 cm³/mol. The smallest absolute Gasteiger partial charge is 0.365 e. The summed E-state index contributed by atoms with van der Waals surface area (Å²) in [6.07, 6.45) is -1.26. The SMILES string of the molecule is CCc1ccc(NC(=O)C2CCCN2C=CC(=O)C(F)(F)F)cc1. The molecule has 1 aliphatic rings. The molecule has 1 fully saturated rings. The van der Waals surface area contributed by atoms with Gasteiger partial charge in [0.2, 0.25) is 5.91 Å². The molecule has 0 spiro atoms. The van der Waals surface area contributed by atoms with Crippen LogP contribution in [0.1, 0.15) is 25.3 Å². The number of likely N-dealkylation sites (tertiary alicyclic amines) is 1. The lowest BCUT2D eigenvalue weighted by molar-refractivity contribution is -0.165. The number of aryl methyl sites for hydroxylation is 1. The van der Waals surface area contributed by atoms with Crippen LogP contribution in [0.4, 0.5) is 18.9 Å². The van der Waals surface area contributed by atoms with Crippen LogP contribution in [-0.2, 0) is 16.0 Å². The van der Waals surface area contributed by atoms with Crippen molar-refractivity contribution in [1.82, 2.24) is 4.90 Å². The van der Waals surface area contributed by atoms with Crippen molar-refractivity contribution in [3.63, 3.8) is 0 Å². The molecule has 0 bridgehead atoms. The fourth-order valence-electron chi connectivity index (χ4n) is 2.56. The van der Waals surface area contributed by atoms with Gasteiger partial charge < -0.3 is 10.2 Å². The number of ketones is 1. The average Bonchev–Trinajstić information content (AvgIpc) is 3.01. The molecule has 1 amide bonds. The van der Waals surface area contributed by atoms with Gasteiger partial charge in [-0.05, 0) is 37.0 Å². The normalized spacial score (nSPS) is 18.2. The molecule has 0 radical (unpaired) electrons. The highest BCUT2D eigenvalue weighted by atomic mass is 19.4. The number of anilines is 1. The zero-order valence-electron chi connectivity index (χ0n) is 13.3. The van der Waals surface area contributed by atoms with Gasteiger partial charge in [0, 0.05) is 24.5 Å². The number of hydrogen-bond donors (Lipinski definition) is 1. The van der Waals surface area contributed by atoms with Crippen molar-refractivity contribution in [2.75, 3.05) is 11.9 Å². The molecular formula is C17H19F3N2O2. The Hall–Kier alpha value is -2.31. The summed E-state index contributed by atoms with van der Waals surface area (Å²) < 4.78 is 36.7. The van der Waals surface area contributed by atoms with Crippen molar-refractivity contribution in [3.05, 3.63) is 42.1 Å². The van der Waals surface area contributed by atoms with Gasteiger partial charge in [0.15, 0.2) is 0 Å². The van der Waals surface area contributed by atoms with Crippen LogP contribution in [0, 0.1) is 0 Å². The van der Waals surface area contributed by atoms with Crippen molar-refractivity contribution < 1.29 is 22.8 Å². The van der Waals surface area contributed by atoms with E-state index < -0.39 is 18.0 Å². The Balaban J connectivity index is 1.99. The number of alkyl halides is 3. The number of carbonyl (C=O) groups is 2. The standard InChI is InChI=1S/C17H19F3N2O2/c1-2-12-5-7-13(8-6-12)21-16(24)14-4-3-10-22(14)11-9-15(23)17(18,19)20/h5-9,11,14H,2-4,10H2,1H3,(H,21,24). The summed E-state index contributed by atoms with van der Waals surface area (Å²) in [4.78, 5) is 24.7. The molecule has 2 rings (SSSR count). The zero-order chi connectivity index (χ0) is 17.7. The molecule has 1 aromatic carbocycles. The summed E-state index contributed by atoms with van der Waals surface area (Å²) in [5.74, 6) is -2.22. The van der Waals surface area contributed by atoms with E-state index in [1.165, 1.54) is 4.90 Å². The van der Waals surface area contributed by atoms with Gasteiger partial charge in [0.05, 0.1) is 0 Å². The molecular weight excluding hydrogens is 321 g/mol. The van der Waals surface area contributed by atoms with Crippen LogP contribution in [0.3, 0.4) is 0 Å². The Morgan fingerprint density at radius 2 is 1.96 bits per heavy atom. The summed E-state index contributed by atoms with van der Waals surface area (Å²) in [5, 5.41) is 2.76. The van der Waals surface area contributed by atoms with Crippen LogP contribution in [0.2, 0.25) is 0 Å². The number of halogens is 3. The first-order valence-corrected chi connectivity index (χ1v) is 7.76. The van der Waals surface area contributed by atoms with E-state index in [1.807, 2.05) is 19.1 Å². The summed E-state index contributed by atoms with van der Waals surface area (Å²) in [6, 6.07) is 6.82. The van der Waals surface area contributed by atoms with E-state index in [-0.39, 0.29) is 5.91 Å². The lowest BCUT2D eigenvalue weighted by atomic mass is 10.1. The van der Waals surface area contributed by atoms with Gasteiger partial charge in [-0.25, -0.2) is 0 Å². The number of amides is 1. The van der Waals surface area contributed by atoms with Gasteiger partial charge in [-0.15, -0.1) is 0 Å². The number of nitrogens with one attached hydrogen (secondary N) is 1. The largest absolute Gasteiger partial charge is 0.454 e. The summed E-state index contributed by atoms with van der Waals surface area (Å²) >= 11 is 0. The Labute approximate surface area is 138 Å². The number of carbonyl (C=O) groups excluding carboxylic acids is 2. The summed E-state index contributed by atoms with van der Waals surface area (Å²) in [6.45, 7) is 2.47. The average molecular weight is 340 g/mol. The highest BCUT2D eigenvalue weighted by Crippen LogP contribution is 2.21. The van der Waals surface area contributed by atoms with Crippen LogP contribution in [-0.4, -0.2) is 35.4 Å². The van der Waals surface area contributed by atoms with Gasteiger partial charge in [0.1, 0.15) is 6.04 Å². The third-order valence-electron chi connectivity index (χ3n) is 3.92. The van der Waals surface area contributed by atoms with E-state index in [4.69, 9.17) is 0 Å². The van der Waals surface area contributed by atoms with Gasteiger partial charge >= 0.3 is 6.18 Å². The first-order chi connectivity index (χ1) is 11.3. The van der Waals surface area contributed by atoms with Crippen LogP contribution in [0.15, 0.2) is 36.5 Å². The quantitative estimate of drug-likeness (QED) is 0.837. The van der Waals surface area contributed by atoms with Gasteiger partial charge in [0.25, 0.3) is 5.78 Å². The van der Waals surface area contributed by atoms with Crippen LogP contribution < -0.4 is 5.32 Å². The van der Waals surface area contributed by atoms with E-state index in [0.717, 1.165) is 18.2 Å². The first kappa shape index (κ1) is 18.0. The van der Waals surface area contributed by atoms with Gasteiger partial charge in [-0.2, -0.15) is 13.2 Å². The minimum Gasteiger partial charge on any atom is -0.365 e. The minimum absolute atomic E-state index is 0.291. The lowest BCUT2D eigenvalue weighted by Gasteiger charge is -2.22. The van der Waals surface area contributed by atoms with E-state index in [9.17, 15) is 22.8 Å². The Bertz CT molecular complexity index is 624. The second-order valence-electron chi connectivity index (χ2n) is 5.61. The number of benzene rings is 1. The monoisotopic (exact) mass is 340 g/mol. The summed E-state index contributed by atoms with van der Waals surface area (Å²) in [5.41, 5.74) is 1.78. The van der Waals surface area contributed by atoms with Crippen LogP contribution in [0.25, 0.3) is 0 Å². The van der Waals surface area contributed by atoms with Crippen molar-refractivity contribution in [3.8, 4) is 0 Å². The molecule has 1 saturated heterocycles. The van der Waals surface area contributed by atoms with Crippen molar-refractivity contribution in [2.24, 2.45) is 0 Å². The molecule has 1 aromatic rings. The molecule has 0 aromatic heterocycles. The predicted octanol–water partition coefficient (Wildman–Crippen LogP) is 3.30. The van der Waals surface area contributed by atoms with Gasteiger partial charge in [-0.3, -0.25) is 9.59 Å². The van der Waals surface area contributed by atoms with Crippen molar-refractivity contribution >= 4 is 17.4 Å². The Morgan fingerprint density at radius 3 is 2.54 bits per heavy atom. The maximum Gasteiger partial charge on any atom is 0.454 e. The molecule has 1 aliphatic heterocycles. The molecule has 7 heteroatoms. The molecule has 0 saturated carbocycles. The van der Waals surface area contributed by atoms with E-state index in [1.54, 1.807) is 12.1 Å². The molecule has 0 aliphatic carbocycles. The molecule has 1 heterocycles. The topological polar surface area (TPSA) is 49.4 Å². The van der Waals surface area contributed by atoms with Crippen molar-refractivity contribution in [1.29, 1.82) is 0 Å². The molecule has 1 N–H and O–H groups in total. The number of allylic oxidation sites excluding steroid dienone is 1. The molecule has 130 valence electrons. The fraction of sp³-hybridized carbons (Fsp3) is 0.412. The number of rotatable bonds is 5. The lowest BCUT2D eigenvalue weighted by Crippen LogP contribution is -2.36. The molecule has 1 unspecified atom stereocenters. The number of hydrogen-bond acceptors (Lipinski definition) is 3. The highest BCUT2D eigenvalue weighted by Gasteiger charge is 2.37. The Kier molecular flexibility index (Phi) is 5.64. The zero-order valence-corrected chi connectivity index (χ0v) is 13.3. The highest BCUT2D eigenvalue weighted by molar-refractivity contribution is 5.96. The third-order valence-corrected chi connectivity index (χ3v) is 3.92. The van der Waals surface area contributed by atoms with E-state index in [2.05, 4.69) is 5.32 Å². The third kappa shape index (κ3) is 4.59.